The molecule has 2 aromatic carbocycles. The van der Waals surface area contributed by atoms with Gasteiger partial charge in [0, 0.05) is 28.7 Å². The fourth-order valence-corrected chi connectivity index (χ4v) is 5.14. The number of aromatic nitrogens is 4. The minimum absolute atomic E-state index is 0.296. The van der Waals surface area contributed by atoms with Crippen molar-refractivity contribution >= 4 is 51.1 Å². The number of nitrogens with zero attached hydrogens (tertiary/aromatic N) is 6. The minimum atomic E-state index is -0.296. The maximum Gasteiger partial charge on any atom is 0.302 e. The molecule has 1 unspecified atom stereocenters. The van der Waals surface area contributed by atoms with Gasteiger partial charge in [0.15, 0.2) is 10.6 Å². The average Bonchev–Trinajstić information content (AvgIpc) is 3.51. The van der Waals surface area contributed by atoms with Gasteiger partial charge in [0.1, 0.15) is 11.6 Å². The van der Waals surface area contributed by atoms with Crippen molar-refractivity contribution in [3.8, 4) is 10.6 Å². The first-order valence-electron chi connectivity index (χ1n) is 11.2. The van der Waals surface area contributed by atoms with Crippen molar-refractivity contribution in [2.75, 3.05) is 10.2 Å². The van der Waals surface area contributed by atoms with Crippen LogP contribution in [-0.4, -0.2) is 26.1 Å². The lowest BCUT2D eigenvalue weighted by Gasteiger charge is -2.29. The number of halogens is 1. The molecule has 178 valence electrons. The van der Waals surface area contributed by atoms with Crippen molar-refractivity contribution in [1.82, 2.24) is 20.2 Å². The molecule has 1 N–H and O–H groups in total. The van der Waals surface area contributed by atoms with E-state index in [9.17, 15) is 0 Å². The zero-order chi connectivity index (χ0) is 24.6. The topological polar surface area (TPSA) is 92.3 Å². The molecule has 3 aromatic heterocycles. The van der Waals surface area contributed by atoms with Crippen LogP contribution in [-0.2, 0) is 0 Å². The standard InChI is InChI=1S/C26H20ClN7OS/c1-15-9-10-22-21(12-15)30-25(35-22)31-24-29-20(18-7-3-4-8-19(18)27)13-16(2)34(24)26-33-32-23(36-26)17-6-5-11-28-14-17/h3-14,20H,1-2H3,(H,29,30,31). The second kappa shape index (κ2) is 9.18. The molecule has 1 aliphatic rings. The van der Waals surface area contributed by atoms with Gasteiger partial charge in [-0.25, -0.2) is 4.99 Å². The van der Waals surface area contributed by atoms with E-state index in [1.54, 1.807) is 12.4 Å². The van der Waals surface area contributed by atoms with Gasteiger partial charge in [0.05, 0.1) is 0 Å². The molecular formula is C26H20ClN7OS. The predicted octanol–water partition coefficient (Wildman–Crippen LogP) is 6.64. The van der Waals surface area contributed by atoms with Gasteiger partial charge in [-0.15, -0.1) is 10.2 Å². The Hall–Kier alpha value is -4.08. The molecule has 1 atom stereocenters. The summed E-state index contributed by atoms with van der Waals surface area (Å²) in [5, 5.41) is 14.2. The van der Waals surface area contributed by atoms with E-state index in [-0.39, 0.29) is 6.04 Å². The Kier molecular flexibility index (Phi) is 5.71. The molecule has 6 rings (SSSR count). The molecule has 8 nitrogen and oxygen atoms in total. The number of aryl methyl sites for hydroxylation is 1. The zero-order valence-electron chi connectivity index (χ0n) is 19.4. The van der Waals surface area contributed by atoms with Crippen molar-refractivity contribution in [2.24, 2.45) is 4.99 Å². The lowest BCUT2D eigenvalue weighted by molar-refractivity contribution is 0.623. The van der Waals surface area contributed by atoms with Gasteiger partial charge in [-0.05, 0) is 61.4 Å². The third-order valence-electron chi connectivity index (χ3n) is 5.72. The molecule has 1 aliphatic heterocycles. The van der Waals surface area contributed by atoms with Crippen LogP contribution in [0.1, 0.15) is 24.1 Å². The molecule has 0 radical (unpaired) electrons. The summed E-state index contributed by atoms with van der Waals surface area (Å²) in [4.78, 5) is 15.7. The van der Waals surface area contributed by atoms with E-state index in [1.807, 2.05) is 79.4 Å². The number of aliphatic imine (C=N–C) groups is 1. The van der Waals surface area contributed by atoms with E-state index in [2.05, 4.69) is 25.5 Å². The normalized spacial score (nSPS) is 15.6. The molecule has 0 aliphatic carbocycles. The number of oxazole rings is 1. The molecule has 5 aromatic rings. The first kappa shape index (κ1) is 22.4. The van der Waals surface area contributed by atoms with Crippen molar-refractivity contribution in [3.63, 3.8) is 0 Å². The van der Waals surface area contributed by atoms with Crippen molar-refractivity contribution < 1.29 is 4.42 Å². The van der Waals surface area contributed by atoms with Crippen LogP contribution < -0.4 is 10.2 Å². The van der Waals surface area contributed by atoms with Gasteiger partial charge in [-0.1, -0.05) is 47.2 Å². The number of anilines is 2. The second-order valence-corrected chi connectivity index (χ2v) is 9.67. The van der Waals surface area contributed by atoms with Crippen LogP contribution in [0.3, 0.4) is 0 Å². The van der Waals surface area contributed by atoms with Crippen LogP contribution in [0.25, 0.3) is 21.7 Å². The van der Waals surface area contributed by atoms with Gasteiger partial charge in [0.2, 0.25) is 11.1 Å². The molecule has 0 amide bonds. The Morgan fingerprint density at radius 3 is 2.78 bits per heavy atom. The lowest BCUT2D eigenvalue weighted by atomic mass is 10.1. The van der Waals surface area contributed by atoms with E-state index >= 15 is 0 Å². The molecule has 0 bridgehead atoms. The summed E-state index contributed by atoms with van der Waals surface area (Å²) in [7, 11) is 0. The highest BCUT2D eigenvalue weighted by atomic mass is 35.5. The maximum atomic E-state index is 6.52. The van der Waals surface area contributed by atoms with E-state index < -0.39 is 0 Å². The Labute approximate surface area is 216 Å². The number of rotatable bonds is 4. The van der Waals surface area contributed by atoms with Gasteiger partial charge >= 0.3 is 6.01 Å². The first-order valence-corrected chi connectivity index (χ1v) is 12.4. The molecule has 4 heterocycles. The Morgan fingerprint density at radius 1 is 1.06 bits per heavy atom. The van der Waals surface area contributed by atoms with E-state index in [4.69, 9.17) is 21.0 Å². The van der Waals surface area contributed by atoms with Crippen LogP contribution in [0.5, 0.6) is 0 Å². The van der Waals surface area contributed by atoms with Gasteiger partial charge in [-0.3, -0.25) is 15.2 Å². The fourth-order valence-electron chi connectivity index (χ4n) is 4.00. The predicted molar refractivity (Wildman–Crippen MR) is 143 cm³/mol. The highest BCUT2D eigenvalue weighted by molar-refractivity contribution is 7.18. The second-order valence-electron chi connectivity index (χ2n) is 8.31. The number of hydrogen-bond donors (Lipinski definition) is 1. The maximum absolute atomic E-state index is 6.52. The zero-order valence-corrected chi connectivity index (χ0v) is 21.0. The average molecular weight is 514 g/mol. The van der Waals surface area contributed by atoms with E-state index in [0.29, 0.717) is 27.7 Å². The summed E-state index contributed by atoms with van der Waals surface area (Å²) >= 11 is 7.96. The largest absolute Gasteiger partial charge is 0.423 e. The first-order chi connectivity index (χ1) is 17.5. The number of pyridine rings is 1. The van der Waals surface area contributed by atoms with Crippen molar-refractivity contribution in [2.45, 2.75) is 19.9 Å². The summed E-state index contributed by atoms with van der Waals surface area (Å²) < 4.78 is 5.97. The highest BCUT2D eigenvalue weighted by Gasteiger charge is 2.28. The van der Waals surface area contributed by atoms with Crippen molar-refractivity contribution in [1.29, 1.82) is 0 Å². The Morgan fingerprint density at radius 2 is 1.94 bits per heavy atom. The summed E-state index contributed by atoms with van der Waals surface area (Å²) in [6.45, 7) is 4.02. The van der Waals surface area contributed by atoms with Gasteiger partial charge in [0.25, 0.3) is 0 Å². The lowest BCUT2D eigenvalue weighted by Crippen LogP contribution is -2.38. The molecule has 0 saturated carbocycles. The number of allylic oxidation sites excluding steroid dienone is 1. The Bertz CT molecular complexity index is 1630. The summed E-state index contributed by atoms with van der Waals surface area (Å²) in [6.07, 6.45) is 5.55. The molecule has 10 heteroatoms. The number of nitrogens with one attached hydrogen (secondary N) is 1. The van der Waals surface area contributed by atoms with Gasteiger partial charge in [-0.2, -0.15) is 4.98 Å². The Balaban J connectivity index is 1.41. The van der Waals surface area contributed by atoms with Crippen LogP contribution >= 0.6 is 22.9 Å². The molecule has 0 fully saturated rings. The third-order valence-corrected chi connectivity index (χ3v) is 7.03. The van der Waals surface area contributed by atoms with Crippen molar-refractivity contribution in [3.05, 3.63) is 94.9 Å². The number of fused-ring (bicyclic) bond motifs is 1. The van der Waals surface area contributed by atoms with Crippen LogP contribution in [0.4, 0.5) is 11.1 Å². The van der Waals surface area contributed by atoms with E-state index in [0.717, 1.165) is 32.9 Å². The quantitative estimate of drug-likeness (QED) is 0.288. The summed E-state index contributed by atoms with van der Waals surface area (Å²) in [5.74, 6) is 0.511. The summed E-state index contributed by atoms with van der Waals surface area (Å²) in [5.41, 5.74) is 5.28. The minimum Gasteiger partial charge on any atom is -0.423 e. The number of guanidine groups is 1. The van der Waals surface area contributed by atoms with Gasteiger partial charge < -0.3 is 4.42 Å². The molecular weight excluding hydrogens is 494 g/mol. The third kappa shape index (κ3) is 4.23. The van der Waals surface area contributed by atoms with E-state index in [1.165, 1.54) is 11.3 Å². The number of hydrogen-bond acceptors (Lipinski definition) is 9. The molecule has 36 heavy (non-hydrogen) atoms. The number of benzene rings is 2. The SMILES string of the molecule is CC1=CC(c2ccccc2Cl)N=C(Nc2nc3cc(C)ccc3o2)N1c1nnc(-c2cccnc2)s1. The molecule has 0 spiro atoms. The molecule has 0 saturated heterocycles. The highest BCUT2D eigenvalue weighted by Crippen LogP contribution is 2.36. The smallest absolute Gasteiger partial charge is 0.302 e. The summed E-state index contributed by atoms with van der Waals surface area (Å²) in [6, 6.07) is 17.4. The van der Waals surface area contributed by atoms with Crippen LogP contribution in [0.2, 0.25) is 5.02 Å². The van der Waals surface area contributed by atoms with Crippen LogP contribution in [0.15, 0.2) is 88.2 Å². The van der Waals surface area contributed by atoms with Crippen LogP contribution in [0, 0.1) is 6.92 Å². The monoisotopic (exact) mass is 513 g/mol. The fraction of sp³-hybridized carbons (Fsp3) is 0.115.